The number of hydrogen-bond donors (Lipinski definition) is 0. The fourth-order valence-corrected chi connectivity index (χ4v) is 3.32. The second kappa shape index (κ2) is 6.91. The van der Waals surface area contributed by atoms with Crippen molar-refractivity contribution in [3.8, 4) is 0 Å². The molecule has 0 radical (unpaired) electrons. The summed E-state index contributed by atoms with van der Waals surface area (Å²) in [4.78, 5) is 14.1. The van der Waals surface area contributed by atoms with E-state index in [1.54, 1.807) is 35.9 Å². The molecule has 1 atom stereocenters. The van der Waals surface area contributed by atoms with Gasteiger partial charge in [0.25, 0.3) is 0 Å². The molecule has 5 heteroatoms. The van der Waals surface area contributed by atoms with Crippen molar-refractivity contribution in [1.82, 2.24) is 0 Å². The van der Waals surface area contributed by atoms with E-state index in [1.165, 1.54) is 12.1 Å². The molecule has 3 nitrogen and oxygen atoms in total. The van der Waals surface area contributed by atoms with E-state index in [4.69, 9.17) is 4.74 Å². The third-order valence-electron chi connectivity index (χ3n) is 3.12. The van der Waals surface area contributed by atoms with Crippen LogP contribution in [0.4, 0.5) is 10.1 Å². The molecule has 1 saturated heterocycles. The Morgan fingerprint density at radius 1 is 1.53 bits per heavy atom. The molecule has 1 fully saturated rings. The molecule has 0 N–H and O–H groups in total. The summed E-state index contributed by atoms with van der Waals surface area (Å²) in [5, 5.41) is -0.0350. The molecule has 1 amide bonds. The monoisotopic (exact) mass is 283 g/mol. The number of methoxy groups -OCH3 is 1. The second-order valence-corrected chi connectivity index (χ2v) is 5.77. The molecule has 19 heavy (non-hydrogen) atoms. The third kappa shape index (κ3) is 3.70. The quantitative estimate of drug-likeness (QED) is 0.778. The average molecular weight is 283 g/mol. The smallest absolute Gasteiger partial charge is 0.240 e. The van der Waals surface area contributed by atoms with E-state index >= 15 is 0 Å². The van der Waals surface area contributed by atoms with Gasteiger partial charge in [-0.3, -0.25) is 4.79 Å². The van der Waals surface area contributed by atoms with Gasteiger partial charge in [0.2, 0.25) is 5.91 Å². The van der Waals surface area contributed by atoms with Gasteiger partial charge in [-0.1, -0.05) is 6.07 Å². The molecule has 0 spiro atoms. The number of thioether (sulfide) groups is 1. The van der Waals surface area contributed by atoms with Gasteiger partial charge >= 0.3 is 0 Å². The minimum atomic E-state index is -0.306. The highest BCUT2D eigenvalue weighted by Gasteiger charge is 2.29. The van der Waals surface area contributed by atoms with E-state index in [-0.39, 0.29) is 17.0 Å². The topological polar surface area (TPSA) is 29.5 Å². The summed E-state index contributed by atoms with van der Waals surface area (Å²) in [5.74, 6) is 0.585. The Kier molecular flexibility index (Phi) is 5.22. The van der Waals surface area contributed by atoms with Crippen LogP contribution in [0.1, 0.15) is 12.8 Å². The van der Waals surface area contributed by atoms with E-state index in [0.717, 1.165) is 18.6 Å². The summed E-state index contributed by atoms with van der Waals surface area (Å²) in [6.45, 7) is 1.32. The van der Waals surface area contributed by atoms with Crippen LogP contribution >= 0.6 is 11.8 Å². The zero-order chi connectivity index (χ0) is 13.7. The minimum Gasteiger partial charge on any atom is -0.384 e. The Morgan fingerprint density at radius 3 is 3.11 bits per heavy atom. The number of ether oxygens (including phenoxy) is 1. The van der Waals surface area contributed by atoms with Crippen LogP contribution in [0.15, 0.2) is 24.3 Å². The first kappa shape index (κ1) is 14.3. The lowest BCUT2D eigenvalue weighted by molar-refractivity contribution is -0.119. The predicted octanol–water partition coefficient (Wildman–Crippen LogP) is 2.70. The molecule has 1 aromatic rings. The van der Waals surface area contributed by atoms with E-state index in [2.05, 4.69) is 0 Å². The highest BCUT2D eigenvalue weighted by Crippen LogP contribution is 2.28. The number of amides is 1. The maximum absolute atomic E-state index is 13.2. The first-order valence-electron chi connectivity index (χ1n) is 6.40. The van der Waals surface area contributed by atoms with Gasteiger partial charge in [0.1, 0.15) is 5.82 Å². The van der Waals surface area contributed by atoms with Gasteiger partial charge in [-0.15, -0.1) is 11.8 Å². The number of hydrogen-bond acceptors (Lipinski definition) is 3. The normalized spacial score (nSPS) is 19.8. The van der Waals surface area contributed by atoms with Crippen molar-refractivity contribution in [2.75, 3.05) is 30.9 Å². The molecular formula is C14H18FNO2S. The lowest BCUT2D eigenvalue weighted by Crippen LogP contribution is -2.43. The van der Waals surface area contributed by atoms with Gasteiger partial charge in [0, 0.05) is 25.1 Å². The number of anilines is 1. The highest BCUT2D eigenvalue weighted by molar-refractivity contribution is 8.00. The lowest BCUT2D eigenvalue weighted by Gasteiger charge is -2.32. The van der Waals surface area contributed by atoms with Crippen molar-refractivity contribution >= 4 is 23.4 Å². The van der Waals surface area contributed by atoms with Crippen LogP contribution in [-0.4, -0.2) is 37.2 Å². The van der Waals surface area contributed by atoms with E-state index in [1.807, 2.05) is 0 Å². The third-order valence-corrected chi connectivity index (χ3v) is 4.36. The number of nitrogens with zero attached hydrogens (tertiary/aromatic N) is 1. The first-order valence-corrected chi connectivity index (χ1v) is 7.44. The standard InChI is InChI=1S/C14H18FNO2S/c1-18-8-9-19-13-6-3-7-16(14(13)17)12-5-2-4-11(15)10-12/h2,4-5,10,13H,3,6-9H2,1H3/t13-/m0/s1. The molecule has 2 rings (SSSR count). The molecule has 1 aromatic carbocycles. The average Bonchev–Trinajstić information content (AvgIpc) is 2.41. The zero-order valence-corrected chi connectivity index (χ0v) is 11.8. The summed E-state index contributed by atoms with van der Waals surface area (Å²) in [6, 6.07) is 6.23. The second-order valence-electron chi connectivity index (χ2n) is 4.46. The zero-order valence-electron chi connectivity index (χ0n) is 11.0. The summed E-state index contributed by atoms with van der Waals surface area (Å²) >= 11 is 1.62. The Bertz CT molecular complexity index is 441. The number of halogens is 1. The predicted molar refractivity (Wildman–Crippen MR) is 76.1 cm³/mol. The minimum absolute atomic E-state index is 0.0350. The van der Waals surface area contributed by atoms with E-state index in [0.29, 0.717) is 18.8 Å². The molecule has 0 bridgehead atoms. The van der Waals surface area contributed by atoms with Crippen LogP contribution in [-0.2, 0) is 9.53 Å². The molecule has 1 heterocycles. The van der Waals surface area contributed by atoms with Crippen LogP contribution < -0.4 is 4.90 Å². The Balaban J connectivity index is 2.03. The van der Waals surface area contributed by atoms with Gasteiger partial charge in [0.05, 0.1) is 11.9 Å². The lowest BCUT2D eigenvalue weighted by atomic mass is 10.1. The van der Waals surface area contributed by atoms with Crippen LogP contribution in [0.5, 0.6) is 0 Å². The fraction of sp³-hybridized carbons (Fsp3) is 0.500. The van der Waals surface area contributed by atoms with Crippen molar-refractivity contribution in [2.45, 2.75) is 18.1 Å². The molecule has 1 aliphatic rings. The van der Waals surface area contributed by atoms with Gasteiger partial charge in [-0.05, 0) is 31.0 Å². The number of piperidine rings is 1. The van der Waals surface area contributed by atoms with Gasteiger partial charge in [-0.2, -0.15) is 0 Å². The molecule has 1 aliphatic heterocycles. The molecule has 0 unspecified atom stereocenters. The summed E-state index contributed by atoms with van der Waals surface area (Å²) in [5.41, 5.74) is 0.655. The summed E-state index contributed by atoms with van der Waals surface area (Å²) in [7, 11) is 1.66. The van der Waals surface area contributed by atoms with E-state index in [9.17, 15) is 9.18 Å². The SMILES string of the molecule is COCCS[C@H]1CCCN(c2cccc(F)c2)C1=O. The summed E-state index contributed by atoms with van der Waals surface area (Å²) in [6.07, 6.45) is 1.84. The molecule has 0 saturated carbocycles. The van der Waals surface area contributed by atoms with Crippen LogP contribution in [0.25, 0.3) is 0 Å². The van der Waals surface area contributed by atoms with Crippen molar-refractivity contribution in [2.24, 2.45) is 0 Å². The number of carbonyl (C=O) groups is 1. The van der Waals surface area contributed by atoms with E-state index < -0.39 is 0 Å². The maximum atomic E-state index is 13.2. The van der Waals surface area contributed by atoms with Gasteiger partial charge in [-0.25, -0.2) is 4.39 Å². The van der Waals surface area contributed by atoms with Gasteiger partial charge in [0.15, 0.2) is 0 Å². The largest absolute Gasteiger partial charge is 0.384 e. The molecule has 104 valence electrons. The number of rotatable bonds is 5. The molecular weight excluding hydrogens is 265 g/mol. The van der Waals surface area contributed by atoms with Gasteiger partial charge < -0.3 is 9.64 Å². The first-order chi connectivity index (χ1) is 9.22. The number of benzene rings is 1. The Morgan fingerprint density at radius 2 is 2.37 bits per heavy atom. The van der Waals surface area contributed by atoms with Crippen molar-refractivity contribution in [3.63, 3.8) is 0 Å². The van der Waals surface area contributed by atoms with Crippen LogP contribution in [0.2, 0.25) is 0 Å². The molecule has 0 aliphatic carbocycles. The molecule has 0 aromatic heterocycles. The summed E-state index contributed by atoms with van der Waals surface area (Å²) < 4.78 is 18.2. The maximum Gasteiger partial charge on any atom is 0.240 e. The number of carbonyl (C=O) groups excluding carboxylic acids is 1. The highest BCUT2D eigenvalue weighted by atomic mass is 32.2. The Labute approximate surface area is 117 Å². The van der Waals surface area contributed by atoms with Crippen LogP contribution in [0.3, 0.4) is 0 Å². The Hall–Kier alpha value is -1.07. The fourth-order valence-electron chi connectivity index (χ4n) is 2.17. The van der Waals surface area contributed by atoms with Crippen molar-refractivity contribution in [3.05, 3.63) is 30.1 Å². The van der Waals surface area contributed by atoms with Crippen molar-refractivity contribution < 1.29 is 13.9 Å². The van der Waals surface area contributed by atoms with Crippen molar-refractivity contribution in [1.29, 1.82) is 0 Å². The van der Waals surface area contributed by atoms with Crippen LogP contribution in [0, 0.1) is 5.82 Å².